The molecule has 5 heteroatoms. The van der Waals surface area contributed by atoms with Crippen molar-refractivity contribution in [1.29, 1.82) is 0 Å². The van der Waals surface area contributed by atoms with Crippen molar-refractivity contribution < 1.29 is 4.74 Å². The third kappa shape index (κ3) is 3.19. The van der Waals surface area contributed by atoms with Gasteiger partial charge < -0.3 is 4.74 Å². The van der Waals surface area contributed by atoms with Gasteiger partial charge in [0.2, 0.25) is 0 Å². The molecule has 0 aliphatic heterocycles. The van der Waals surface area contributed by atoms with E-state index in [1.165, 1.54) is 0 Å². The van der Waals surface area contributed by atoms with Crippen LogP contribution in [0.2, 0.25) is 5.02 Å². The molecule has 1 aromatic heterocycles. The smallest absolute Gasteiger partial charge is 0.128 e. The van der Waals surface area contributed by atoms with Crippen molar-refractivity contribution in [3.05, 3.63) is 77.4 Å². The highest BCUT2D eigenvalue weighted by Gasteiger charge is 2.04. The standard InChI is InChI=1S/C21H16ClN3O/c1-26-21-11-15-5-3-2-4-14(15)10-16(21)13-24-25-19-8-9-23-20-12-17(22)6-7-18(19)20/h2-13H,1H3,(H,23,25)/b24-13+. The molecule has 0 unspecified atom stereocenters. The molecule has 0 spiro atoms. The molecule has 0 saturated carbocycles. The lowest BCUT2D eigenvalue weighted by atomic mass is 10.1. The van der Waals surface area contributed by atoms with Crippen molar-refractivity contribution in [2.24, 2.45) is 5.10 Å². The first kappa shape index (κ1) is 16.4. The third-order valence-corrected chi connectivity index (χ3v) is 4.43. The summed E-state index contributed by atoms with van der Waals surface area (Å²) in [7, 11) is 1.66. The van der Waals surface area contributed by atoms with Gasteiger partial charge in [-0.15, -0.1) is 0 Å². The number of methoxy groups -OCH3 is 1. The van der Waals surface area contributed by atoms with Crippen molar-refractivity contribution in [2.45, 2.75) is 0 Å². The molecule has 4 rings (SSSR count). The van der Waals surface area contributed by atoms with Gasteiger partial charge in [-0.1, -0.05) is 35.9 Å². The number of hydrazone groups is 1. The Balaban J connectivity index is 1.66. The number of pyridine rings is 1. The van der Waals surface area contributed by atoms with E-state index in [1.54, 1.807) is 19.5 Å². The van der Waals surface area contributed by atoms with Crippen molar-refractivity contribution in [3.63, 3.8) is 0 Å². The van der Waals surface area contributed by atoms with Crippen molar-refractivity contribution in [1.82, 2.24) is 4.98 Å². The number of nitrogens with one attached hydrogen (secondary N) is 1. The summed E-state index contributed by atoms with van der Waals surface area (Å²) in [4.78, 5) is 4.33. The van der Waals surface area contributed by atoms with Crippen LogP contribution in [0.3, 0.4) is 0 Å². The molecule has 128 valence electrons. The lowest BCUT2D eigenvalue weighted by Gasteiger charge is -2.08. The number of halogens is 1. The Hall–Kier alpha value is -3.11. The number of benzene rings is 3. The average molecular weight is 362 g/mol. The van der Waals surface area contributed by atoms with Gasteiger partial charge in [0.25, 0.3) is 0 Å². The zero-order chi connectivity index (χ0) is 17.9. The number of aromatic nitrogens is 1. The maximum Gasteiger partial charge on any atom is 0.128 e. The number of anilines is 1. The van der Waals surface area contributed by atoms with E-state index >= 15 is 0 Å². The molecule has 0 aliphatic carbocycles. The van der Waals surface area contributed by atoms with Crippen LogP contribution in [0.15, 0.2) is 72.0 Å². The summed E-state index contributed by atoms with van der Waals surface area (Å²) in [5.41, 5.74) is 5.67. The number of hydrogen-bond acceptors (Lipinski definition) is 4. The molecule has 0 amide bonds. The second kappa shape index (κ2) is 7.02. The van der Waals surface area contributed by atoms with Crippen LogP contribution in [0.4, 0.5) is 5.69 Å². The molecule has 26 heavy (non-hydrogen) atoms. The van der Waals surface area contributed by atoms with E-state index in [1.807, 2.05) is 42.5 Å². The molecule has 0 aliphatic rings. The van der Waals surface area contributed by atoms with Gasteiger partial charge in [-0.2, -0.15) is 5.10 Å². The molecule has 4 nitrogen and oxygen atoms in total. The summed E-state index contributed by atoms with van der Waals surface area (Å²) in [6, 6.07) is 19.7. The lowest BCUT2D eigenvalue weighted by molar-refractivity contribution is 0.415. The Morgan fingerprint density at radius 2 is 1.85 bits per heavy atom. The minimum Gasteiger partial charge on any atom is -0.496 e. The highest BCUT2D eigenvalue weighted by atomic mass is 35.5. The predicted octanol–water partition coefficient (Wildman–Crippen LogP) is 5.50. The van der Waals surface area contributed by atoms with Crippen LogP contribution >= 0.6 is 11.6 Å². The van der Waals surface area contributed by atoms with Gasteiger partial charge in [0.1, 0.15) is 5.75 Å². The Morgan fingerprint density at radius 3 is 2.65 bits per heavy atom. The number of rotatable bonds is 4. The summed E-state index contributed by atoms with van der Waals surface area (Å²) in [6.07, 6.45) is 3.49. The van der Waals surface area contributed by atoms with E-state index in [4.69, 9.17) is 16.3 Å². The summed E-state index contributed by atoms with van der Waals surface area (Å²) in [5, 5.41) is 8.27. The van der Waals surface area contributed by atoms with Gasteiger partial charge in [0.15, 0.2) is 0 Å². The minimum atomic E-state index is 0.659. The molecular formula is C21H16ClN3O. The van der Waals surface area contributed by atoms with Crippen LogP contribution in [-0.4, -0.2) is 18.3 Å². The first-order valence-corrected chi connectivity index (χ1v) is 8.52. The molecule has 3 aromatic carbocycles. The molecule has 0 radical (unpaired) electrons. The van der Waals surface area contributed by atoms with E-state index < -0.39 is 0 Å². The van der Waals surface area contributed by atoms with Crippen LogP contribution < -0.4 is 10.2 Å². The van der Waals surface area contributed by atoms with E-state index in [-0.39, 0.29) is 0 Å². The maximum absolute atomic E-state index is 6.03. The van der Waals surface area contributed by atoms with Gasteiger partial charge in [-0.05, 0) is 47.2 Å². The molecule has 1 heterocycles. The van der Waals surface area contributed by atoms with Gasteiger partial charge in [0.05, 0.1) is 24.5 Å². The second-order valence-electron chi connectivity index (χ2n) is 5.83. The van der Waals surface area contributed by atoms with Crippen molar-refractivity contribution in [2.75, 3.05) is 12.5 Å². The predicted molar refractivity (Wildman–Crippen MR) is 108 cm³/mol. The molecule has 0 bridgehead atoms. The molecule has 0 atom stereocenters. The number of nitrogens with zero attached hydrogens (tertiary/aromatic N) is 2. The fraction of sp³-hybridized carbons (Fsp3) is 0.0476. The van der Waals surface area contributed by atoms with Gasteiger partial charge in [0, 0.05) is 22.2 Å². The zero-order valence-electron chi connectivity index (χ0n) is 14.1. The maximum atomic E-state index is 6.03. The summed E-state index contributed by atoms with van der Waals surface area (Å²) >= 11 is 6.03. The second-order valence-corrected chi connectivity index (χ2v) is 6.27. The van der Waals surface area contributed by atoms with Crippen molar-refractivity contribution in [3.8, 4) is 5.75 Å². The Labute approximate surface area is 156 Å². The highest BCUT2D eigenvalue weighted by molar-refractivity contribution is 6.31. The Bertz CT molecular complexity index is 1120. The summed E-state index contributed by atoms with van der Waals surface area (Å²) in [6.45, 7) is 0. The van der Waals surface area contributed by atoms with Crippen LogP contribution in [0, 0.1) is 0 Å². The normalized spacial score (nSPS) is 11.3. The van der Waals surface area contributed by atoms with Crippen LogP contribution in [-0.2, 0) is 0 Å². The largest absolute Gasteiger partial charge is 0.496 e. The van der Waals surface area contributed by atoms with Gasteiger partial charge in [-0.25, -0.2) is 0 Å². The Kier molecular flexibility index (Phi) is 4.42. The molecule has 0 saturated heterocycles. The lowest BCUT2D eigenvalue weighted by Crippen LogP contribution is -1.95. The van der Waals surface area contributed by atoms with E-state index in [9.17, 15) is 0 Å². The number of fused-ring (bicyclic) bond motifs is 2. The Morgan fingerprint density at radius 1 is 1.04 bits per heavy atom. The van der Waals surface area contributed by atoms with Crippen molar-refractivity contribution >= 4 is 45.2 Å². The minimum absolute atomic E-state index is 0.659. The summed E-state index contributed by atoms with van der Waals surface area (Å²) in [5.74, 6) is 0.778. The van der Waals surface area contributed by atoms with E-state index in [0.29, 0.717) is 5.02 Å². The summed E-state index contributed by atoms with van der Waals surface area (Å²) < 4.78 is 5.50. The van der Waals surface area contributed by atoms with Crippen LogP contribution in [0.25, 0.3) is 21.7 Å². The van der Waals surface area contributed by atoms with Crippen LogP contribution in [0.5, 0.6) is 5.75 Å². The monoisotopic (exact) mass is 361 g/mol. The zero-order valence-corrected chi connectivity index (χ0v) is 14.9. The molecule has 4 aromatic rings. The fourth-order valence-corrected chi connectivity index (χ4v) is 3.07. The average Bonchev–Trinajstić information content (AvgIpc) is 2.67. The number of ether oxygens (including phenoxy) is 1. The molecular weight excluding hydrogens is 346 g/mol. The topological polar surface area (TPSA) is 46.5 Å². The van der Waals surface area contributed by atoms with Gasteiger partial charge >= 0.3 is 0 Å². The SMILES string of the molecule is COc1cc2ccccc2cc1/C=N/Nc1ccnc2cc(Cl)ccc12. The molecule has 1 N–H and O–H groups in total. The van der Waals surface area contributed by atoms with Crippen LogP contribution in [0.1, 0.15) is 5.56 Å². The van der Waals surface area contributed by atoms with Gasteiger partial charge in [-0.3, -0.25) is 10.4 Å². The molecule has 0 fully saturated rings. The number of hydrogen-bond donors (Lipinski definition) is 1. The quantitative estimate of drug-likeness (QED) is 0.386. The first-order chi connectivity index (χ1) is 12.7. The van der Waals surface area contributed by atoms with E-state index in [2.05, 4.69) is 33.7 Å². The third-order valence-electron chi connectivity index (χ3n) is 4.19. The first-order valence-electron chi connectivity index (χ1n) is 8.15. The fourth-order valence-electron chi connectivity index (χ4n) is 2.90. The highest BCUT2D eigenvalue weighted by Crippen LogP contribution is 2.26. The van der Waals surface area contributed by atoms with E-state index in [0.717, 1.165) is 38.7 Å².